The Morgan fingerprint density at radius 1 is 0.333 bits per heavy atom. The van der Waals surface area contributed by atoms with Crippen LogP contribution in [0.3, 0.4) is 0 Å². The summed E-state index contributed by atoms with van der Waals surface area (Å²) in [7, 11) is 0. The Morgan fingerprint density at radius 3 is 0.821 bits per heavy atom. The second-order valence-electron chi connectivity index (χ2n) is 24.0. The molecule has 0 amide bonds. The van der Waals surface area contributed by atoms with Crippen LogP contribution in [0.2, 0.25) is 0 Å². The smallest absolute Gasteiger partial charge is 0.289 e. The second-order valence-corrected chi connectivity index (χ2v) is 24.0. The summed E-state index contributed by atoms with van der Waals surface area (Å²) >= 11 is 0. The largest absolute Gasteiger partial charge is 0.339 e. The summed E-state index contributed by atoms with van der Waals surface area (Å²) < 4.78 is 9.30. The van der Waals surface area contributed by atoms with Gasteiger partial charge in [0.15, 0.2) is 23.1 Å². The first kappa shape index (κ1) is 68.0. The zero-order valence-electron chi connectivity index (χ0n) is 52.0. The molecule has 6 aromatic carbocycles. The number of imidazole rings is 2. The van der Waals surface area contributed by atoms with Crippen LogP contribution in [0.15, 0.2) is 183 Å². The van der Waals surface area contributed by atoms with Crippen molar-refractivity contribution >= 4 is 23.1 Å². The SMILES string of the molecule is CC(C)c1c[cH-]cc(C(C)C)c1=[n+]1cc[n+](=c2c(C(C)C)ccc[c-]2C(C)C)[cH-]1.CC(C)c1c[cH-]cc(C(C)C)c1=[n+]1cc[n+](=c2c(C(C)C)ccc[c-]2C(C)C)[cH-]1.O=C1C=CC(=O)c2ccccc21.O=C1C=CC(=O)c2ccccc21.[Pd].[Pd]. The monoisotopic (exact) mass is 1310 g/mol. The predicted octanol–water partition coefficient (Wildman–Crippen LogP) is 15.4. The van der Waals surface area contributed by atoms with Gasteiger partial charge in [-0.25, -0.2) is 17.0 Å². The fraction of sp³-hybridized carbons (Fsp3) is 0.324. The van der Waals surface area contributed by atoms with E-state index in [9.17, 15) is 19.2 Å². The van der Waals surface area contributed by atoms with E-state index in [4.69, 9.17) is 0 Å². The Bertz CT molecular complexity index is 3480. The van der Waals surface area contributed by atoms with E-state index >= 15 is 0 Å². The molecule has 0 radical (unpaired) electrons. The molecule has 0 N–H and O–H groups in total. The third-order valence-electron chi connectivity index (χ3n) is 15.4. The van der Waals surface area contributed by atoms with Crippen molar-refractivity contribution in [3.05, 3.63) is 271 Å². The van der Waals surface area contributed by atoms with Crippen LogP contribution in [0.4, 0.5) is 0 Å². The topological polar surface area (TPSA) is 91.9 Å². The van der Waals surface area contributed by atoms with Gasteiger partial charge >= 0.3 is 12.7 Å². The Hall–Kier alpha value is -6.78. The molecule has 10 rings (SSSR count). The van der Waals surface area contributed by atoms with Gasteiger partial charge in [0, 0.05) is 63.1 Å². The van der Waals surface area contributed by atoms with Crippen LogP contribution in [0.25, 0.3) is 0 Å². The number of rotatable bonds is 8. The van der Waals surface area contributed by atoms with Crippen molar-refractivity contribution in [3.63, 3.8) is 0 Å². The molecule has 2 aromatic heterocycles. The maximum absolute atomic E-state index is 11.2. The van der Waals surface area contributed by atoms with Crippen molar-refractivity contribution in [3.8, 4) is 0 Å². The number of fused-ring (bicyclic) bond motifs is 2. The number of ketones is 4. The molecule has 0 bridgehead atoms. The Balaban J connectivity index is 0.000000218. The van der Waals surface area contributed by atoms with Gasteiger partial charge in [0.05, 0.1) is 21.4 Å². The molecule has 8 aromatic rings. The van der Waals surface area contributed by atoms with Crippen LogP contribution in [0.5, 0.6) is 0 Å². The van der Waals surface area contributed by atoms with E-state index in [1.807, 2.05) is 0 Å². The summed E-state index contributed by atoms with van der Waals surface area (Å²) in [5, 5.41) is 5.35. The number of allylic oxidation sites excluding steroid dienone is 4. The fourth-order valence-electron chi connectivity index (χ4n) is 11.0. The zero-order valence-corrected chi connectivity index (χ0v) is 55.1. The van der Waals surface area contributed by atoms with E-state index in [2.05, 4.69) is 238 Å². The van der Waals surface area contributed by atoms with Crippen LogP contribution in [0, 0.1) is 21.4 Å². The molecule has 10 heteroatoms. The van der Waals surface area contributed by atoms with Crippen LogP contribution in [-0.2, 0) is 40.8 Å². The van der Waals surface area contributed by atoms with Crippen LogP contribution in [0.1, 0.15) is 244 Å². The molecule has 448 valence electrons. The first-order valence-electron chi connectivity index (χ1n) is 29.4. The van der Waals surface area contributed by atoms with Crippen LogP contribution in [-0.4, -0.2) is 23.1 Å². The first-order valence-corrected chi connectivity index (χ1v) is 29.4. The summed E-state index contributed by atoms with van der Waals surface area (Å²) in [6.07, 6.45) is 18.6. The molecule has 0 unspecified atom stereocenters. The molecule has 0 spiro atoms. The number of hydrogen-bond donors (Lipinski definition) is 0. The molecule has 2 heterocycles. The third-order valence-corrected chi connectivity index (χ3v) is 15.4. The van der Waals surface area contributed by atoms with Gasteiger partial charge in [-0.05, 0) is 24.3 Å². The van der Waals surface area contributed by atoms with Crippen molar-refractivity contribution in [2.75, 3.05) is 0 Å². The van der Waals surface area contributed by atoms with Gasteiger partial charge in [-0.15, -0.1) is 44.5 Å². The average molecular weight is 1310 g/mol. The quantitative estimate of drug-likeness (QED) is 0.0861. The van der Waals surface area contributed by atoms with Crippen molar-refractivity contribution in [1.29, 1.82) is 0 Å². The second kappa shape index (κ2) is 30.3. The summed E-state index contributed by atoms with van der Waals surface area (Å²) in [6, 6.07) is 40.7. The molecule has 84 heavy (non-hydrogen) atoms. The zero-order chi connectivity index (χ0) is 59.7. The number of hydrogen-bond acceptors (Lipinski definition) is 4. The minimum atomic E-state index is -0.0924. The van der Waals surface area contributed by atoms with E-state index < -0.39 is 0 Å². The summed E-state index contributed by atoms with van der Waals surface area (Å²) in [5.74, 6) is 3.47. The van der Waals surface area contributed by atoms with Gasteiger partial charge in [-0.1, -0.05) is 207 Å². The van der Waals surface area contributed by atoms with Crippen molar-refractivity contribution in [1.82, 2.24) is 0 Å². The van der Waals surface area contributed by atoms with Gasteiger partial charge in [-0.3, -0.25) is 19.2 Å². The number of carbonyl (C=O) groups is 4. The molecule has 0 atom stereocenters. The molecular weight excluding hydrogens is 1220 g/mol. The standard InChI is InChI=1S/2C27H37N2.2C10H6O2.2Pd/c2*1-18(2)22-11-9-12-23(19(3)4)26(22)28-15-16-29(17-28)27-24(20(5)6)13-10-14-25(27)21(7)8;2*11-9-5-6-10(12)8-4-2-1-3-7(8)9;;/h2*9-21H,1-8H3;2*1-6H;;/q2*-1;;;;. The molecule has 8 nitrogen and oxygen atoms in total. The molecule has 0 saturated heterocycles. The minimum Gasteiger partial charge on any atom is -0.289 e. The maximum atomic E-state index is 11.2. The van der Waals surface area contributed by atoms with Crippen molar-refractivity contribution < 1.29 is 77.0 Å². The number of nitrogens with zero attached hydrogens (tertiary/aromatic N) is 4. The first-order chi connectivity index (χ1) is 39.0. The van der Waals surface area contributed by atoms with Gasteiger partial charge in [0.2, 0.25) is 0 Å². The number of carbonyl (C=O) groups excluding carboxylic acids is 4. The molecule has 0 saturated carbocycles. The Morgan fingerprint density at radius 2 is 0.583 bits per heavy atom. The van der Waals surface area contributed by atoms with Crippen molar-refractivity contribution in [2.45, 2.75) is 158 Å². The minimum absolute atomic E-state index is 0. The maximum Gasteiger partial charge on any atom is 0.339 e. The van der Waals surface area contributed by atoms with Crippen molar-refractivity contribution in [2.24, 2.45) is 0 Å². The molecule has 0 fully saturated rings. The van der Waals surface area contributed by atoms with Gasteiger partial charge in [0.25, 0.3) is 0 Å². The van der Waals surface area contributed by atoms with Crippen LogP contribution >= 0.6 is 0 Å². The number of benzene rings is 6. The van der Waals surface area contributed by atoms with Crippen LogP contribution < -0.4 is 17.0 Å². The van der Waals surface area contributed by atoms with E-state index in [0.29, 0.717) is 69.6 Å². The van der Waals surface area contributed by atoms with Gasteiger partial charge in [-0.2, -0.15) is 72.8 Å². The van der Waals surface area contributed by atoms with E-state index in [0.717, 1.165) is 0 Å². The van der Waals surface area contributed by atoms with E-state index in [1.165, 1.54) is 90.2 Å². The third kappa shape index (κ3) is 15.6. The number of aromatic nitrogens is 4. The fourth-order valence-corrected chi connectivity index (χ4v) is 11.0. The average Bonchev–Trinajstić information content (AvgIpc) is 4.16. The predicted molar refractivity (Wildman–Crippen MR) is 329 cm³/mol. The molecular formula is C74H86N4O4Pd2-2. The van der Waals surface area contributed by atoms with Gasteiger partial charge < -0.3 is 0 Å². The number of para-hydroxylation sites is 4. The molecule has 2 aliphatic carbocycles. The molecule has 2 aliphatic rings. The summed E-state index contributed by atoms with van der Waals surface area (Å²) in [5.41, 5.74) is 13.2. The van der Waals surface area contributed by atoms with E-state index in [-0.39, 0.29) is 64.0 Å². The Labute approximate surface area is 525 Å². The summed E-state index contributed by atoms with van der Waals surface area (Å²) in [6.45, 7) is 36.5. The normalized spacial score (nSPS) is 12.5. The molecule has 0 aliphatic heterocycles. The van der Waals surface area contributed by atoms with Gasteiger partial charge in [0.1, 0.15) is 24.8 Å². The van der Waals surface area contributed by atoms with E-state index in [1.54, 1.807) is 48.5 Å². The summed E-state index contributed by atoms with van der Waals surface area (Å²) in [4.78, 5) is 44.8. The Kier molecular flexibility index (Phi) is 24.6.